The second kappa shape index (κ2) is 8.94. The molecule has 1 fully saturated rings. The molecule has 0 unspecified atom stereocenters. The van der Waals surface area contributed by atoms with E-state index in [0.29, 0.717) is 11.8 Å². The first-order valence-corrected chi connectivity index (χ1v) is 9.44. The van der Waals surface area contributed by atoms with Gasteiger partial charge in [-0.05, 0) is 37.3 Å². The summed E-state index contributed by atoms with van der Waals surface area (Å²) < 4.78 is 39.1. The van der Waals surface area contributed by atoms with E-state index in [1.807, 2.05) is 0 Å². The smallest absolute Gasteiger partial charge is 0.335 e. The number of rotatable bonds is 5. The van der Waals surface area contributed by atoms with Crippen LogP contribution in [0.2, 0.25) is 0 Å². The first-order chi connectivity index (χ1) is 13.0. The van der Waals surface area contributed by atoms with E-state index < -0.39 is 17.6 Å². The van der Waals surface area contributed by atoms with Crippen LogP contribution in [0.15, 0.2) is 24.3 Å². The highest BCUT2D eigenvalue weighted by molar-refractivity contribution is 5.95. The van der Waals surface area contributed by atoms with Gasteiger partial charge in [-0.25, -0.2) is 0 Å². The van der Waals surface area contributed by atoms with Crippen molar-refractivity contribution in [3.8, 4) is 0 Å². The van der Waals surface area contributed by atoms with Crippen LogP contribution in [0.5, 0.6) is 0 Å². The van der Waals surface area contributed by atoms with Gasteiger partial charge in [-0.1, -0.05) is 26.0 Å². The van der Waals surface area contributed by atoms with Gasteiger partial charge >= 0.3 is 6.18 Å². The fourth-order valence-corrected chi connectivity index (χ4v) is 3.82. The predicted octanol–water partition coefficient (Wildman–Crippen LogP) is 3.47. The fraction of sp³-hybridized carbons (Fsp3) is 0.600. The number of nitrogens with one attached hydrogen (secondary N) is 1. The lowest BCUT2D eigenvalue weighted by Gasteiger charge is -2.39. The van der Waals surface area contributed by atoms with Crippen LogP contribution in [0.3, 0.4) is 0 Å². The van der Waals surface area contributed by atoms with Crippen molar-refractivity contribution >= 4 is 17.5 Å². The first-order valence-electron chi connectivity index (χ1n) is 9.44. The summed E-state index contributed by atoms with van der Waals surface area (Å²) in [6.07, 6.45) is -3.45. The van der Waals surface area contributed by atoms with E-state index in [9.17, 15) is 22.8 Å². The van der Waals surface area contributed by atoms with Crippen molar-refractivity contribution in [2.24, 2.45) is 11.8 Å². The van der Waals surface area contributed by atoms with Crippen molar-refractivity contribution in [1.82, 2.24) is 9.80 Å². The fourth-order valence-electron chi connectivity index (χ4n) is 3.82. The van der Waals surface area contributed by atoms with Crippen LogP contribution in [0.4, 0.5) is 18.9 Å². The van der Waals surface area contributed by atoms with Gasteiger partial charge in [0.05, 0.1) is 23.8 Å². The van der Waals surface area contributed by atoms with Gasteiger partial charge in [-0.2, -0.15) is 13.2 Å². The number of carbonyl (C=O) groups is 2. The van der Waals surface area contributed by atoms with Crippen molar-refractivity contribution in [3.63, 3.8) is 0 Å². The maximum absolute atomic E-state index is 13.0. The number of likely N-dealkylation sites (tertiary alicyclic amines) is 1. The Kier molecular flexibility index (Phi) is 7.09. The van der Waals surface area contributed by atoms with Crippen LogP contribution in [0.25, 0.3) is 0 Å². The molecule has 5 nitrogen and oxygen atoms in total. The molecule has 0 saturated carbocycles. The molecule has 1 aliphatic heterocycles. The zero-order valence-electron chi connectivity index (χ0n) is 16.7. The monoisotopic (exact) mass is 399 g/mol. The summed E-state index contributed by atoms with van der Waals surface area (Å²) in [7, 11) is 1.49. The molecule has 2 rings (SSSR count). The van der Waals surface area contributed by atoms with E-state index in [0.717, 1.165) is 25.6 Å². The third-order valence-corrected chi connectivity index (χ3v) is 5.07. The number of halogens is 3. The molecule has 1 aliphatic rings. The first kappa shape index (κ1) is 22.2. The number of carbonyl (C=O) groups excluding carboxylic acids is 2. The highest BCUT2D eigenvalue weighted by atomic mass is 19.4. The maximum atomic E-state index is 13.0. The lowest BCUT2D eigenvalue weighted by molar-refractivity contribution is -0.139. The molecule has 1 heterocycles. The quantitative estimate of drug-likeness (QED) is 0.825. The molecule has 1 N–H and O–H groups in total. The van der Waals surface area contributed by atoms with E-state index in [1.54, 1.807) is 6.92 Å². The number of alkyl halides is 3. The van der Waals surface area contributed by atoms with Crippen LogP contribution in [-0.4, -0.2) is 54.3 Å². The number of amides is 2. The number of likely N-dealkylation sites (N-methyl/N-ethyl adjacent to an activating group) is 1. The molecule has 0 bridgehead atoms. The second-order valence-corrected chi connectivity index (χ2v) is 7.86. The number of hydrogen-bond acceptors (Lipinski definition) is 3. The topological polar surface area (TPSA) is 52.7 Å². The summed E-state index contributed by atoms with van der Waals surface area (Å²) >= 11 is 0. The van der Waals surface area contributed by atoms with Crippen molar-refractivity contribution in [1.29, 1.82) is 0 Å². The molecule has 0 radical (unpaired) electrons. The van der Waals surface area contributed by atoms with E-state index in [2.05, 4.69) is 24.1 Å². The number of anilines is 1. The van der Waals surface area contributed by atoms with E-state index in [-0.39, 0.29) is 24.2 Å². The largest absolute Gasteiger partial charge is 0.418 e. The van der Waals surface area contributed by atoms with E-state index in [1.165, 1.54) is 30.1 Å². The SMILES string of the molecule is C[C@@H]1C[C@H](C)CN([C@H](C)C(=O)N(C)CC(=O)Nc2ccccc2C(F)(F)F)C1. The Morgan fingerprint density at radius 2 is 1.79 bits per heavy atom. The Morgan fingerprint density at radius 3 is 2.36 bits per heavy atom. The molecule has 1 saturated heterocycles. The zero-order valence-corrected chi connectivity index (χ0v) is 16.7. The van der Waals surface area contributed by atoms with Gasteiger partial charge in [0.2, 0.25) is 11.8 Å². The predicted molar refractivity (Wildman–Crippen MR) is 102 cm³/mol. The summed E-state index contributed by atoms with van der Waals surface area (Å²) in [5.41, 5.74) is -1.23. The summed E-state index contributed by atoms with van der Waals surface area (Å²) in [5, 5.41) is 2.27. The highest BCUT2D eigenvalue weighted by Crippen LogP contribution is 2.34. The summed E-state index contributed by atoms with van der Waals surface area (Å²) in [6.45, 7) is 7.42. The van der Waals surface area contributed by atoms with Crippen molar-refractivity contribution in [2.75, 3.05) is 32.0 Å². The minimum absolute atomic E-state index is 0.222. The number of benzene rings is 1. The molecule has 1 aromatic carbocycles. The summed E-state index contributed by atoms with van der Waals surface area (Å²) in [6, 6.07) is 4.40. The van der Waals surface area contributed by atoms with Crippen molar-refractivity contribution < 1.29 is 22.8 Å². The molecule has 0 aromatic heterocycles. The number of para-hydroxylation sites is 1. The van der Waals surface area contributed by atoms with Gasteiger partial charge in [0, 0.05) is 20.1 Å². The summed E-state index contributed by atoms with van der Waals surface area (Å²) in [5.74, 6) is 0.0960. The van der Waals surface area contributed by atoms with Crippen molar-refractivity contribution in [2.45, 2.75) is 39.4 Å². The molecular weight excluding hydrogens is 371 g/mol. The molecule has 156 valence electrons. The Hall–Kier alpha value is -2.09. The number of piperidine rings is 1. The minimum atomic E-state index is -4.57. The molecule has 28 heavy (non-hydrogen) atoms. The molecule has 8 heteroatoms. The second-order valence-electron chi connectivity index (χ2n) is 7.86. The molecular formula is C20H28F3N3O2. The molecule has 0 spiro atoms. The van der Waals surface area contributed by atoms with Gasteiger partial charge in [-0.3, -0.25) is 14.5 Å². The third kappa shape index (κ3) is 5.70. The molecule has 0 aliphatic carbocycles. The third-order valence-electron chi connectivity index (χ3n) is 5.07. The normalized spacial score (nSPS) is 21.8. The van der Waals surface area contributed by atoms with Crippen LogP contribution < -0.4 is 5.32 Å². The van der Waals surface area contributed by atoms with Crippen LogP contribution in [0, 0.1) is 11.8 Å². The molecule has 1 aromatic rings. The lowest BCUT2D eigenvalue weighted by Crippen LogP contribution is -2.51. The number of hydrogen-bond donors (Lipinski definition) is 1. The standard InChI is InChI=1S/C20H28F3N3O2/c1-13-9-14(2)11-26(10-13)15(3)19(28)25(4)12-18(27)24-17-8-6-5-7-16(17)20(21,22)23/h5-8,13-15H,9-12H2,1-4H3,(H,24,27)/t13-,14+,15-/m1/s1. The van der Waals surface area contributed by atoms with Gasteiger partial charge in [-0.15, -0.1) is 0 Å². The average molecular weight is 399 g/mol. The van der Waals surface area contributed by atoms with Gasteiger partial charge in [0.15, 0.2) is 0 Å². The van der Waals surface area contributed by atoms with E-state index in [4.69, 9.17) is 0 Å². The Balaban J connectivity index is 1.98. The lowest BCUT2D eigenvalue weighted by atomic mass is 9.91. The Labute approximate surface area is 163 Å². The van der Waals surface area contributed by atoms with E-state index >= 15 is 0 Å². The zero-order chi connectivity index (χ0) is 21.1. The van der Waals surface area contributed by atoms with Gasteiger partial charge in [0.25, 0.3) is 0 Å². The Bertz CT molecular complexity index is 698. The van der Waals surface area contributed by atoms with Crippen LogP contribution in [0.1, 0.15) is 32.8 Å². The van der Waals surface area contributed by atoms with Crippen LogP contribution >= 0.6 is 0 Å². The number of nitrogens with zero attached hydrogens (tertiary/aromatic N) is 2. The van der Waals surface area contributed by atoms with Gasteiger partial charge < -0.3 is 10.2 Å². The minimum Gasteiger partial charge on any atom is -0.335 e. The highest BCUT2D eigenvalue weighted by Gasteiger charge is 2.34. The van der Waals surface area contributed by atoms with Gasteiger partial charge in [0.1, 0.15) is 0 Å². The van der Waals surface area contributed by atoms with Crippen molar-refractivity contribution in [3.05, 3.63) is 29.8 Å². The Morgan fingerprint density at radius 1 is 1.21 bits per heavy atom. The summed E-state index contributed by atoms with van der Waals surface area (Å²) in [4.78, 5) is 28.3. The molecule has 2 amide bonds. The van der Waals surface area contributed by atoms with Crippen LogP contribution in [-0.2, 0) is 15.8 Å². The maximum Gasteiger partial charge on any atom is 0.418 e. The molecule has 3 atom stereocenters. The average Bonchev–Trinajstić information content (AvgIpc) is 2.59.